The van der Waals surface area contributed by atoms with Crippen molar-refractivity contribution in [2.75, 3.05) is 0 Å². The molecule has 90 valence electrons. The molecule has 0 aliphatic heterocycles. The first-order chi connectivity index (χ1) is 7.77. The van der Waals surface area contributed by atoms with E-state index in [1.807, 2.05) is 0 Å². The van der Waals surface area contributed by atoms with Gasteiger partial charge in [0.1, 0.15) is 5.57 Å². The average Bonchev–Trinajstić information content (AvgIpc) is 2.19. The molecular formula is C9H8N2O6. The molecule has 1 atom stereocenters. The lowest BCUT2D eigenvalue weighted by Crippen LogP contribution is -2.34. The molecule has 1 aliphatic rings. The molecule has 0 aromatic rings. The Bertz CT molecular complexity index is 502. The van der Waals surface area contributed by atoms with E-state index in [0.29, 0.717) is 0 Å². The lowest BCUT2D eigenvalue weighted by atomic mass is 9.86. The lowest BCUT2D eigenvalue weighted by Gasteiger charge is -2.17. The maximum Gasteiger partial charge on any atom is 0.342 e. The first kappa shape index (κ1) is 12.6. The number of hydrogen-bond donors (Lipinski definition) is 3. The van der Waals surface area contributed by atoms with Crippen LogP contribution in [0.25, 0.3) is 0 Å². The van der Waals surface area contributed by atoms with Crippen molar-refractivity contribution in [3.8, 4) is 0 Å². The van der Waals surface area contributed by atoms with Crippen LogP contribution in [0.4, 0.5) is 0 Å². The van der Waals surface area contributed by atoms with Crippen LogP contribution in [0.2, 0.25) is 0 Å². The summed E-state index contributed by atoms with van der Waals surface area (Å²) in [5.74, 6) is -5.05. The SMILES string of the molecule is CC1=CC(C(=O)O)=C([N+](=O)[O-])C(C(=O)O)C1=N. The minimum Gasteiger partial charge on any atom is -0.480 e. The molecule has 0 saturated heterocycles. The van der Waals surface area contributed by atoms with Gasteiger partial charge in [0.25, 0.3) is 5.70 Å². The van der Waals surface area contributed by atoms with Crippen LogP contribution in [-0.2, 0) is 9.59 Å². The van der Waals surface area contributed by atoms with Crippen molar-refractivity contribution < 1.29 is 24.7 Å². The lowest BCUT2D eigenvalue weighted by molar-refractivity contribution is -0.430. The molecule has 0 fully saturated rings. The molecule has 0 heterocycles. The van der Waals surface area contributed by atoms with Crippen LogP contribution in [0, 0.1) is 21.4 Å². The Balaban J connectivity index is 3.56. The highest BCUT2D eigenvalue weighted by Gasteiger charge is 2.43. The highest BCUT2D eigenvalue weighted by molar-refractivity contribution is 6.14. The third-order valence-corrected chi connectivity index (χ3v) is 2.30. The molecule has 8 heteroatoms. The molecule has 0 amide bonds. The second-order valence-corrected chi connectivity index (χ2v) is 3.37. The molecule has 1 aliphatic carbocycles. The van der Waals surface area contributed by atoms with Crippen molar-refractivity contribution in [2.45, 2.75) is 6.92 Å². The summed E-state index contributed by atoms with van der Waals surface area (Å²) >= 11 is 0. The second-order valence-electron chi connectivity index (χ2n) is 3.37. The number of hydrogen-bond acceptors (Lipinski definition) is 5. The highest BCUT2D eigenvalue weighted by atomic mass is 16.6. The van der Waals surface area contributed by atoms with Crippen LogP contribution in [0.15, 0.2) is 22.9 Å². The van der Waals surface area contributed by atoms with Crippen LogP contribution >= 0.6 is 0 Å². The minimum atomic E-state index is -1.85. The van der Waals surface area contributed by atoms with Crippen LogP contribution < -0.4 is 0 Å². The van der Waals surface area contributed by atoms with Gasteiger partial charge in [0.2, 0.25) is 0 Å². The summed E-state index contributed by atoms with van der Waals surface area (Å²) in [6, 6.07) is 0. The number of rotatable bonds is 3. The van der Waals surface area contributed by atoms with Gasteiger partial charge in [0, 0.05) is 0 Å². The van der Waals surface area contributed by atoms with E-state index in [9.17, 15) is 19.7 Å². The number of carboxylic acids is 2. The quantitative estimate of drug-likeness (QED) is 0.477. The van der Waals surface area contributed by atoms with E-state index in [-0.39, 0.29) is 5.57 Å². The Morgan fingerprint density at radius 1 is 1.47 bits per heavy atom. The molecule has 1 unspecified atom stereocenters. The second kappa shape index (κ2) is 4.16. The third kappa shape index (κ3) is 2.05. The fraction of sp³-hybridized carbons (Fsp3) is 0.222. The topological polar surface area (TPSA) is 142 Å². The molecule has 17 heavy (non-hydrogen) atoms. The summed E-state index contributed by atoms with van der Waals surface area (Å²) in [5.41, 5.74) is -2.08. The molecule has 8 nitrogen and oxygen atoms in total. The fourth-order valence-corrected chi connectivity index (χ4v) is 1.50. The number of carboxylic acid groups (broad SMARTS) is 2. The largest absolute Gasteiger partial charge is 0.480 e. The first-order valence-corrected chi connectivity index (χ1v) is 4.39. The van der Waals surface area contributed by atoms with E-state index >= 15 is 0 Å². The van der Waals surface area contributed by atoms with Gasteiger partial charge in [-0.25, -0.2) is 4.79 Å². The monoisotopic (exact) mass is 240 g/mol. The molecule has 1 rings (SSSR count). The summed E-state index contributed by atoms with van der Waals surface area (Å²) in [5, 5.41) is 35.8. The van der Waals surface area contributed by atoms with E-state index in [1.165, 1.54) is 6.92 Å². The maximum absolute atomic E-state index is 10.9. The normalized spacial score (nSPS) is 19.9. The Kier molecular flexibility index (Phi) is 3.07. The number of aliphatic carboxylic acids is 2. The Labute approximate surface area is 94.5 Å². The van der Waals surface area contributed by atoms with Crippen LogP contribution in [-0.4, -0.2) is 32.8 Å². The smallest absolute Gasteiger partial charge is 0.342 e. The zero-order chi connectivity index (χ0) is 13.3. The Morgan fingerprint density at radius 3 is 2.35 bits per heavy atom. The van der Waals surface area contributed by atoms with Gasteiger partial charge in [-0.3, -0.25) is 14.9 Å². The molecule has 0 bridgehead atoms. The van der Waals surface area contributed by atoms with Gasteiger partial charge >= 0.3 is 11.9 Å². The van der Waals surface area contributed by atoms with Gasteiger partial charge in [0.15, 0.2) is 5.92 Å². The third-order valence-electron chi connectivity index (χ3n) is 2.30. The van der Waals surface area contributed by atoms with Crippen molar-refractivity contribution in [3.63, 3.8) is 0 Å². The molecular weight excluding hydrogens is 232 g/mol. The van der Waals surface area contributed by atoms with Gasteiger partial charge in [-0.05, 0) is 18.6 Å². The van der Waals surface area contributed by atoms with E-state index < -0.39 is 39.8 Å². The summed E-state index contributed by atoms with van der Waals surface area (Å²) < 4.78 is 0. The molecule has 0 spiro atoms. The fourth-order valence-electron chi connectivity index (χ4n) is 1.50. The Morgan fingerprint density at radius 2 is 2.00 bits per heavy atom. The molecule has 0 aromatic heterocycles. The maximum atomic E-state index is 10.9. The van der Waals surface area contributed by atoms with Crippen LogP contribution in [0.1, 0.15) is 6.92 Å². The first-order valence-electron chi connectivity index (χ1n) is 4.39. The van der Waals surface area contributed by atoms with Crippen molar-refractivity contribution in [3.05, 3.63) is 33.0 Å². The van der Waals surface area contributed by atoms with Crippen molar-refractivity contribution in [1.29, 1.82) is 5.41 Å². The number of nitro groups is 1. The minimum absolute atomic E-state index is 0.0837. The van der Waals surface area contributed by atoms with Gasteiger partial charge in [-0.1, -0.05) is 0 Å². The van der Waals surface area contributed by atoms with Gasteiger partial charge in [-0.15, -0.1) is 0 Å². The van der Waals surface area contributed by atoms with Crippen LogP contribution in [0.3, 0.4) is 0 Å². The summed E-state index contributed by atoms with van der Waals surface area (Å²) in [6.07, 6.45) is 0.933. The number of nitrogens with zero attached hydrogens (tertiary/aromatic N) is 1. The van der Waals surface area contributed by atoms with E-state index in [1.54, 1.807) is 0 Å². The number of allylic oxidation sites excluding steroid dienone is 1. The average molecular weight is 240 g/mol. The van der Waals surface area contributed by atoms with Gasteiger partial charge in [-0.2, -0.15) is 0 Å². The predicted octanol–water partition coefficient (Wildman–Crippen LogP) is 0.282. The molecule has 0 saturated carbocycles. The summed E-state index contributed by atoms with van der Waals surface area (Å²) in [7, 11) is 0. The van der Waals surface area contributed by atoms with Crippen molar-refractivity contribution in [2.24, 2.45) is 5.92 Å². The molecule has 3 N–H and O–H groups in total. The molecule has 0 radical (unpaired) electrons. The van der Waals surface area contributed by atoms with Gasteiger partial charge < -0.3 is 15.6 Å². The van der Waals surface area contributed by atoms with Crippen molar-refractivity contribution >= 4 is 17.7 Å². The standard InChI is InChI=1S/C9H8N2O6/c1-3-2-4(8(12)13)7(11(16)17)5(6(3)10)9(14)15/h2,5,10H,1H3,(H,12,13)(H,14,15). The van der Waals surface area contributed by atoms with Crippen molar-refractivity contribution in [1.82, 2.24) is 0 Å². The number of nitrogens with one attached hydrogen (secondary N) is 1. The zero-order valence-electron chi connectivity index (χ0n) is 8.63. The zero-order valence-corrected chi connectivity index (χ0v) is 8.63. The van der Waals surface area contributed by atoms with Gasteiger partial charge in [0.05, 0.1) is 10.6 Å². The summed E-state index contributed by atoms with van der Waals surface area (Å²) in [4.78, 5) is 31.4. The number of carbonyl (C=O) groups is 2. The van der Waals surface area contributed by atoms with E-state index in [4.69, 9.17) is 15.6 Å². The van der Waals surface area contributed by atoms with E-state index in [2.05, 4.69) is 0 Å². The summed E-state index contributed by atoms with van der Waals surface area (Å²) in [6.45, 7) is 1.33. The predicted molar refractivity (Wildman–Crippen MR) is 54.3 cm³/mol. The Hall–Kier alpha value is -2.51. The highest BCUT2D eigenvalue weighted by Crippen LogP contribution is 2.28. The van der Waals surface area contributed by atoms with Crippen LogP contribution in [0.5, 0.6) is 0 Å². The van der Waals surface area contributed by atoms with E-state index in [0.717, 1.165) is 6.08 Å². The molecule has 0 aromatic carbocycles.